The molecule has 1 N–H and O–H groups in total. The van der Waals surface area contributed by atoms with Crippen LogP contribution in [0.5, 0.6) is 0 Å². The van der Waals surface area contributed by atoms with E-state index in [1.807, 2.05) is 12.1 Å². The van der Waals surface area contributed by atoms with Crippen LogP contribution in [0, 0.1) is 17.0 Å². The van der Waals surface area contributed by atoms with E-state index in [0.29, 0.717) is 24.3 Å². The first-order valence-electron chi connectivity index (χ1n) is 9.46. The molecular formula is C22H19N5O3. The van der Waals surface area contributed by atoms with Crippen LogP contribution >= 0.6 is 0 Å². The van der Waals surface area contributed by atoms with Crippen LogP contribution in [-0.2, 0) is 6.42 Å². The molecule has 0 bridgehead atoms. The highest BCUT2D eigenvalue weighted by molar-refractivity contribution is 5.93. The van der Waals surface area contributed by atoms with Crippen molar-refractivity contribution in [3.05, 3.63) is 93.8 Å². The van der Waals surface area contributed by atoms with E-state index in [0.717, 1.165) is 10.9 Å². The molecule has 4 aromatic rings. The minimum atomic E-state index is -0.476. The SMILES string of the molecule is Cc1c(C(=O)NCCc2ccc3ccccc3c2)nnn1-c1cccc([N+](=O)[O-])c1. The lowest BCUT2D eigenvalue weighted by molar-refractivity contribution is -0.384. The molecule has 30 heavy (non-hydrogen) atoms. The van der Waals surface area contributed by atoms with Gasteiger partial charge in [0.05, 0.1) is 16.3 Å². The molecule has 1 aromatic heterocycles. The number of carbonyl (C=O) groups is 1. The second-order valence-electron chi connectivity index (χ2n) is 6.90. The van der Waals surface area contributed by atoms with Crippen molar-refractivity contribution in [3.8, 4) is 5.69 Å². The third-order valence-corrected chi connectivity index (χ3v) is 4.91. The van der Waals surface area contributed by atoms with E-state index < -0.39 is 4.92 Å². The minimum Gasteiger partial charge on any atom is -0.350 e. The van der Waals surface area contributed by atoms with Crippen LogP contribution in [0.4, 0.5) is 5.69 Å². The summed E-state index contributed by atoms with van der Waals surface area (Å²) in [6.07, 6.45) is 0.689. The van der Waals surface area contributed by atoms with Gasteiger partial charge in [-0.05, 0) is 35.7 Å². The molecular weight excluding hydrogens is 382 g/mol. The van der Waals surface area contributed by atoms with Crippen LogP contribution in [-0.4, -0.2) is 32.4 Å². The predicted molar refractivity (Wildman–Crippen MR) is 113 cm³/mol. The Kier molecular flexibility index (Phi) is 5.21. The number of aromatic nitrogens is 3. The van der Waals surface area contributed by atoms with Gasteiger partial charge in [0.15, 0.2) is 5.69 Å². The van der Waals surface area contributed by atoms with Gasteiger partial charge in [0, 0.05) is 18.7 Å². The number of benzene rings is 3. The molecule has 0 aliphatic carbocycles. The number of nitrogens with zero attached hydrogens (tertiary/aromatic N) is 4. The summed E-state index contributed by atoms with van der Waals surface area (Å²) in [6.45, 7) is 2.16. The number of amides is 1. The number of carbonyl (C=O) groups excluding carboxylic acids is 1. The highest BCUT2D eigenvalue weighted by Crippen LogP contribution is 2.19. The molecule has 0 atom stereocenters. The van der Waals surface area contributed by atoms with Gasteiger partial charge in [-0.3, -0.25) is 14.9 Å². The van der Waals surface area contributed by atoms with Crippen molar-refractivity contribution in [2.24, 2.45) is 0 Å². The maximum absolute atomic E-state index is 12.6. The molecule has 0 fully saturated rings. The molecule has 8 nitrogen and oxygen atoms in total. The number of hydrogen-bond donors (Lipinski definition) is 1. The summed E-state index contributed by atoms with van der Waals surface area (Å²) in [5.41, 5.74) is 2.26. The Morgan fingerprint density at radius 3 is 2.67 bits per heavy atom. The lowest BCUT2D eigenvalue weighted by Gasteiger charge is -2.06. The largest absolute Gasteiger partial charge is 0.350 e. The first-order valence-corrected chi connectivity index (χ1v) is 9.46. The van der Waals surface area contributed by atoms with Crippen LogP contribution in [0.15, 0.2) is 66.7 Å². The molecule has 1 amide bonds. The summed E-state index contributed by atoms with van der Waals surface area (Å²) in [6, 6.07) is 20.4. The van der Waals surface area contributed by atoms with Gasteiger partial charge in [-0.25, -0.2) is 4.68 Å². The van der Waals surface area contributed by atoms with E-state index in [9.17, 15) is 14.9 Å². The first-order chi connectivity index (χ1) is 14.5. The van der Waals surface area contributed by atoms with Crippen LogP contribution < -0.4 is 5.32 Å². The van der Waals surface area contributed by atoms with Crippen molar-refractivity contribution in [2.45, 2.75) is 13.3 Å². The monoisotopic (exact) mass is 401 g/mol. The zero-order valence-corrected chi connectivity index (χ0v) is 16.3. The van der Waals surface area contributed by atoms with E-state index in [2.05, 4.69) is 46.0 Å². The van der Waals surface area contributed by atoms with Crippen molar-refractivity contribution in [1.29, 1.82) is 0 Å². The number of rotatable bonds is 6. The quantitative estimate of drug-likeness (QED) is 0.393. The number of nitro benzene ring substituents is 1. The third-order valence-electron chi connectivity index (χ3n) is 4.91. The fourth-order valence-corrected chi connectivity index (χ4v) is 3.32. The second-order valence-corrected chi connectivity index (χ2v) is 6.90. The molecule has 4 rings (SSSR count). The minimum absolute atomic E-state index is 0.0520. The van der Waals surface area contributed by atoms with Gasteiger partial charge in [-0.2, -0.15) is 0 Å². The maximum atomic E-state index is 12.6. The highest BCUT2D eigenvalue weighted by Gasteiger charge is 2.18. The van der Waals surface area contributed by atoms with Crippen LogP contribution in [0.25, 0.3) is 16.5 Å². The Bertz CT molecular complexity index is 1250. The van der Waals surface area contributed by atoms with Gasteiger partial charge in [0.1, 0.15) is 0 Å². The second kappa shape index (κ2) is 8.12. The zero-order valence-electron chi connectivity index (χ0n) is 16.3. The molecule has 1 heterocycles. The average molecular weight is 401 g/mol. The summed E-state index contributed by atoms with van der Waals surface area (Å²) in [4.78, 5) is 23.1. The molecule has 0 saturated carbocycles. The number of non-ortho nitro benzene ring substituents is 1. The van der Waals surface area contributed by atoms with E-state index >= 15 is 0 Å². The summed E-state index contributed by atoms with van der Waals surface area (Å²) in [5, 5.41) is 24.2. The van der Waals surface area contributed by atoms with Crippen LogP contribution in [0.3, 0.4) is 0 Å². The first kappa shape index (κ1) is 19.3. The average Bonchev–Trinajstić information content (AvgIpc) is 3.15. The van der Waals surface area contributed by atoms with Crippen molar-refractivity contribution in [1.82, 2.24) is 20.3 Å². The number of fused-ring (bicyclic) bond motifs is 1. The van der Waals surface area contributed by atoms with Gasteiger partial charge in [0.2, 0.25) is 0 Å². The summed E-state index contributed by atoms with van der Waals surface area (Å²) in [5.74, 6) is -0.329. The number of nitrogens with one attached hydrogen (secondary N) is 1. The predicted octanol–water partition coefficient (Wildman–Crippen LogP) is 3.61. The Morgan fingerprint density at radius 1 is 1.07 bits per heavy atom. The molecule has 0 aliphatic rings. The molecule has 0 unspecified atom stereocenters. The lowest BCUT2D eigenvalue weighted by Crippen LogP contribution is -2.26. The number of nitro groups is 1. The smallest absolute Gasteiger partial charge is 0.273 e. The standard InChI is InChI=1S/C22H19N5O3/c1-15-21(24-25-26(15)19-7-4-8-20(14-19)27(29)30)22(28)23-12-11-16-9-10-17-5-2-3-6-18(17)13-16/h2-10,13-14H,11-12H2,1H3,(H,23,28). The number of hydrogen-bond acceptors (Lipinski definition) is 5. The van der Waals surface area contributed by atoms with Crippen LogP contribution in [0.2, 0.25) is 0 Å². The van der Waals surface area contributed by atoms with E-state index in [1.165, 1.54) is 22.2 Å². The topological polar surface area (TPSA) is 103 Å². The fourth-order valence-electron chi connectivity index (χ4n) is 3.32. The van der Waals surface area contributed by atoms with Crippen molar-refractivity contribution in [2.75, 3.05) is 6.54 Å². The normalized spacial score (nSPS) is 10.8. The zero-order chi connectivity index (χ0) is 21.1. The van der Waals surface area contributed by atoms with E-state index in [-0.39, 0.29) is 17.3 Å². The molecule has 0 aliphatic heterocycles. The van der Waals surface area contributed by atoms with Gasteiger partial charge < -0.3 is 5.32 Å². The highest BCUT2D eigenvalue weighted by atomic mass is 16.6. The maximum Gasteiger partial charge on any atom is 0.273 e. The summed E-state index contributed by atoms with van der Waals surface area (Å²) >= 11 is 0. The van der Waals surface area contributed by atoms with Crippen LogP contribution in [0.1, 0.15) is 21.7 Å². The summed E-state index contributed by atoms with van der Waals surface area (Å²) < 4.78 is 1.42. The van der Waals surface area contributed by atoms with Gasteiger partial charge in [-0.1, -0.05) is 53.7 Å². The third kappa shape index (κ3) is 3.88. The molecule has 0 spiro atoms. The van der Waals surface area contributed by atoms with E-state index in [4.69, 9.17) is 0 Å². The van der Waals surface area contributed by atoms with Crippen molar-refractivity contribution >= 4 is 22.4 Å². The Labute approximate surface area is 172 Å². The van der Waals surface area contributed by atoms with Gasteiger partial charge in [-0.15, -0.1) is 5.10 Å². The fraction of sp³-hybridized carbons (Fsp3) is 0.136. The van der Waals surface area contributed by atoms with Crippen molar-refractivity contribution in [3.63, 3.8) is 0 Å². The van der Waals surface area contributed by atoms with Gasteiger partial charge >= 0.3 is 0 Å². The van der Waals surface area contributed by atoms with E-state index in [1.54, 1.807) is 19.1 Å². The molecule has 150 valence electrons. The molecule has 0 saturated heterocycles. The Morgan fingerprint density at radius 2 is 1.87 bits per heavy atom. The molecule has 0 radical (unpaired) electrons. The van der Waals surface area contributed by atoms with Crippen molar-refractivity contribution < 1.29 is 9.72 Å². The summed E-state index contributed by atoms with van der Waals surface area (Å²) in [7, 11) is 0. The van der Waals surface area contributed by atoms with Gasteiger partial charge in [0.25, 0.3) is 11.6 Å². The molecule has 3 aromatic carbocycles. The lowest BCUT2D eigenvalue weighted by atomic mass is 10.1. The Hall–Kier alpha value is -4.07. The Balaban J connectivity index is 1.44. The molecule has 8 heteroatoms.